The van der Waals surface area contributed by atoms with E-state index in [1.54, 1.807) is 12.4 Å². The summed E-state index contributed by atoms with van der Waals surface area (Å²) < 4.78 is 0. The van der Waals surface area contributed by atoms with Crippen LogP contribution in [-0.2, 0) is 10.2 Å². The molecular weight excluding hydrogens is 276 g/mol. The normalized spacial score (nSPS) is 19.9. The molecule has 1 aliphatic rings. The maximum atomic E-state index is 12.5. The maximum absolute atomic E-state index is 12.5. The Kier molecular flexibility index (Phi) is 5.51. The Morgan fingerprint density at radius 1 is 1.32 bits per heavy atom. The maximum Gasteiger partial charge on any atom is 0.241 e. The van der Waals surface area contributed by atoms with Gasteiger partial charge in [-0.05, 0) is 32.4 Å². The predicted molar refractivity (Wildman–Crippen MR) is 88.9 cm³/mol. The highest BCUT2D eigenvalue weighted by atomic mass is 16.2. The second kappa shape index (κ2) is 7.18. The molecule has 5 nitrogen and oxygen atoms in total. The van der Waals surface area contributed by atoms with Crippen molar-refractivity contribution in [1.29, 1.82) is 0 Å². The van der Waals surface area contributed by atoms with Crippen molar-refractivity contribution in [3.63, 3.8) is 0 Å². The number of anilines is 1. The Balaban J connectivity index is 2.01. The number of rotatable bonds is 4. The van der Waals surface area contributed by atoms with Gasteiger partial charge in [0.25, 0.3) is 0 Å². The van der Waals surface area contributed by atoms with Gasteiger partial charge in [0.1, 0.15) is 5.82 Å². The van der Waals surface area contributed by atoms with Crippen LogP contribution in [0.5, 0.6) is 0 Å². The number of piperidine rings is 1. The third kappa shape index (κ3) is 4.26. The van der Waals surface area contributed by atoms with E-state index in [2.05, 4.69) is 47.9 Å². The van der Waals surface area contributed by atoms with Crippen molar-refractivity contribution in [2.75, 3.05) is 18.4 Å². The van der Waals surface area contributed by atoms with Crippen molar-refractivity contribution >= 4 is 11.6 Å². The largest absolute Gasteiger partial charge is 0.322 e. The summed E-state index contributed by atoms with van der Waals surface area (Å²) in [4.78, 5) is 23.5. The smallest absolute Gasteiger partial charge is 0.241 e. The van der Waals surface area contributed by atoms with Crippen LogP contribution in [0.25, 0.3) is 0 Å². The average Bonchev–Trinajstić information content (AvgIpc) is 2.47. The minimum absolute atomic E-state index is 0.0176. The lowest BCUT2D eigenvalue weighted by atomic mass is 9.96. The van der Waals surface area contributed by atoms with E-state index in [9.17, 15) is 4.79 Å². The summed E-state index contributed by atoms with van der Waals surface area (Å²) in [6.07, 6.45) is 7.74. The van der Waals surface area contributed by atoms with Crippen LogP contribution in [0.15, 0.2) is 12.4 Å². The SMILES string of the molecule is CCCN1CCCCC1C(=O)Nc1cnc(C(C)(C)C)nc1. The fourth-order valence-electron chi connectivity index (χ4n) is 2.85. The lowest BCUT2D eigenvalue weighted by Crippen LogP contribution is -2.47. The number of carbonyl (C=O) groups excluding carboxylic acids is 1. The first-order valence-corrected chi connectivity index (χ1v) is 8.29. The van der Waals surface area contributed by atoms with Gasteiger partial charge in [-0.1, -0.05) is 34.1 Å². The molecule has 1 saturated heterocycles. The van der Waals surface area contributed by atoms with Crippen molar-refractivity contribution in [3.05, 3.63) is 18.2 Å². The molecule has 1 aromatic heterocycles. The van der Waals surface area contributed by atoms with Gasteiger partial charge in [-0.25, -0.2) is 9.97 Å². The van der Waals surface area contributed by atoms with Crippen LogP contribution in [0.2, 0.25) is 0 Å². The van der Waals surface area contributed by atoms with Crippen LogP contribution in [-0.4, -0.2) is 39.9 Å². The first-order valence-electron chi connectivity index (χ1n) is 8.29. The molecule has 0 radical (unpaired) electrons. The van der Waals surface area contributed by atoms with Gasteiger partial charge in [0.05, 0.1) is 24.1 Å². The molecule has 0 spiro atoms. The number of carbonyl (C=O) groups is 1. The van der Waals surface area contributed by atoms with Crippen LogP contribution in [0.1, 0.15) is 59.2 Å². The van der Waals surface area contributed by atoms with Crippen LogP contribution in [0, 0.1) is 0 Å². The van der Waals surface area contributed by atoms with Crippen molar-refractivity contribution in [1.82, 2.24) is 14.9 Å². The summed E-state index contributed by atoms with van der Waals surface area (Å²) in [6.45, 7) is 10.4. The summed E-state index contributed by atoms with van der Waals surface area (Å²) in [6, 6.07) is -0.0176. The van der Waals surface area contributed by atoms with Gasteiger partial charge in [0.2, 0.25) is 5.91 Å². The predicted octanol–water partition coefficient (Wildman–Crippen LogP) is 2.98. The number of amides is 1. The number of hydrogen-bond donors (Lipinski definition) is 1. The fraction of sp³-hybridized carbons (Fsp3) is 0.706. The van der Waals surface area contributed by atoms with Crippen molar-refractivity contribution in [3.8, 4) is 0 Å². The standard InChI is InChI=1S/C17H28N4O/c1-5-9-21-10-7-6-8-14(21)15(22)20-13-11-18-16(19-12-13)17(2,3)4/h11-12,14H,5-10H2,1-4H3,(H,20,22). The molecule has 1 aromatic rings. The van der Waals surface area contributed by atoms with Gasteiger partial charge in [-0.2, -0.15) is 0 Å². The Morgan fingerprint density at radius 2 is 2.00 bits per heavy atom. The molecule has 22 heavy (non-hydrogen) atoms. The minimum atomic E-state index is -0.0795. The topological polar surface area (TPSA) is 58.1 Å². The minimum Gasteiger partial charge on any atom is -0.322 e. The highest BCUT2D eigenvalue weighted by molar-refractivity contribution is 5.94. The molecule has 1 unspecified atom stereocenters. The van der Waals surface area contributed by atoms with Crippen molar-refractivity contribution < 1.29 is 4.79 Å². The molecule has 0 bridgehead atoms. The van der Waals surface area contributed by atoms with E-state index in [1.165, 1.54) is 6.42 Å². The summed E-state index contributed by atoms with van der Waals surface area (Å²) in [5.41, 5.74) is 0.601. The lowest BCUT2D eigenvalue weighted by molar-refractivity contribution is -0.122. The number of likely N-dealkylation sites (tertiary alicyclic amines) is 1. The quantitative estimate of drug-likeness (QED) is 0.929. The Hall–Kier alpha value is -1.49. The zero-order valence-electron chi connectivity index (χ0n) is 14.2. The molecule has 1 fully saturated rings. The van der Waals surface area contributed by atoms with Crippen LogP contribution in [0.3, 0.4) is 0 Å². The molecule has 0 aromatic carbocycles. The van der Waals surface area contributed by atoms with Gasteiger partial charge in [0.15, 0.2) is 0 Å². The molecular formula is C17H28N4O. The first kappa shape index (κ1) is 16.9. The molecule has 2 heterocycles. The second-order valence-electron chi connectivity index (χ2n) is 7.08. The summed E-state index contributed by atoms with van der Waals surface area (Å²) in [5.74, 6) is 0.857. The van der Waals surface area contributed by atoms with E-state index in [1.807, 2.05) is 0 Å². The molecule has 2 rings (SSSR count). The van der Waals surface area contributed by atoms with E-state index < -0.39 is 0 Å². The third-order valence-electron chi connectivity index (χ3n) is 4.02. The van der Waals surface area contributed by atoms with Crippen LogP contribution in [0.4, 0.5) is 5.69 Å². The zero-order chi connectivity index (χ0) is 16.2. The Morgan fingerprint density at radius 3 is 2.59 bits per heavy atom. The van der Waals surface area contributed by atoms with Crippen LogP contribution < -0.4 is 5.32 Å². The van der Waals surface area contributed by atoms with Gasteiger partial charge in [0, 0.05) is 5.41 Å². The van der Waals surface area contributed by atoms with E-state index >= 15 is 0 Å². The number of aromatic nitrogens is 2. The monoisotopic (exact) mass is 304 g/mol. The van der Waals surface area contributed by atoms with Gasteiger partial charge in [-0.15, -0.1) is 0 Å². The molecule has 1 amide bonds. The number of hydrogen-bond acceptors (Lipinski definition) is 4. The fourth-order valence-corrected chi connectivity index (χ4v) is 2.85. The van der Waals surface area contributed by atoms with Gasteiger partial charge < -0.3 is 5.32 Å². The van der Waals surface area contributed by atoms with Gasteiger partial charge in [-0.3, -0.25) is 9.69 Å². The van der Waals surface area contributed by atoms with Crippen molar-refractivity contribution in [2.24, 2.45) is 0 Å². The average molecular weight is 304 g/mol. The van der Waals surface area contributed by atoms with E-state index in [0.29, 0.717) is 5.69 Å². The second-order valence-corrected chi connectivity index (χ2v) is 7.08. The highest BCUT2D eigenvalue weighted by Crippen LogP contribution is 2.20. The van der Waals surface area contributed by atoms with Gasteiger partial charge >= 0.3 is 0 Å². The van der Waals surface area contributed by atoms with E-state index in [-0.39, 0.29) is 17.4 Å². The van der Waals surface area contributed by atoms with Crippen molar-refractivity contribution in [2.45, 2.75) is 64.8 Å². The first-order chi connectivity index (χ1) is 10.4. The van der Waals surface area contributed by atoms with E-state index in [4.69, 9.17) is 0 Å². The van der Waals surface area contributed by atoms with E-state index in [0.717, 1.165) is 38.2 Å². The summed E-state index contributed by atoms with van der Waals surface area (Å²) in [7, 11) is 0. The third-order valence-corrected chi connectivity index (χ3v) is 4.02. The molecule has 1 aliphatic heterocycles. The molecule has 1 atom stereocenters. The molecule has 0 aliphatic carbocycles. The summed E-state index contributed by atoms with van der Waals surface area (Å²) >= 11 is 0. The lowest BCUT2D eigenvalue weighted by Gasteiger charge is -2.34. The summed E-state index contributed by atoms with van der Waals surface area (Å²) in [5, 5.41) is 2.97. The molecule has 1 N–H and O–H groups in total. The Labute approximate surface area is 133 Å². The number of nitrogens with zero attached hydrogens (tertiary/aromatic N) is 3. The molecule has 0 saturated carbocycles. The molecule has 122 valence electrons. The number of nitrogens with one attached hydrogen (secondary N) is 1. The molecule has 5 heteroatoms. The van der Waals surface area contributed by atoms with Crippen LogP contribution >= 0.6 is 0 Å². The Bertz CT molecular complexity index is 490. The highest BCUT2D eigenvalue weighted by Gasteiger charge is 2.28. The zero-order valence-corrected chi connectivity index (χ0v) is 14.2.